The van der Waals surface area contributed by atoms with Crippen LogP contribution < -0.4 is 16.0 Å². The summed E-state index contributed by atoms with van der Waals surface area (Å²) >= 11 is 0. The Morgan fingerprint density at radius 1 is 0.875 bits per heavy atom. The molecule has 1 aliphatic rings. The topological polar surface area (TPSA) is 82.5 Å². The molecule has 134 valence electrons. The van der Waals surface area contributed by atoms with Crippen LogP contribution in [-0.4, -0.2) is 62.2 Å². The van der Waals surface area contributed by atoms with Crippen LogP contribution in [-0.2, 0) is 6.54 Å². The maximum atomic E-state index is 10.7. The fourth-order valence-electron chi connectivity index (χ4n) is 2.81. The molecule has 1 aromatic carbocycles. The van der Waals surface area contributed by atoms with Gasteiger partial charge in [-0.15, -0.1) is 0 Å². The Hall–Kier alpha value is -1.54. The van der Waals surface area contributed by atoms with Gasteiger partial charge in [0.2, 0.25) is 0 Å². The first kappa shape index (κ1) is 18.8. The summed E-state index contributed by atoms with van der Waals surface area (Å²) < 4.78 is 0. The van der Waals surface area contributed by atoms with E-state index in [0.29, 0.717) is 0 Å². The van der Waals surface area contributed by atoms with Gasteiger partial charge in [-0.1, -0.05) is 12.1 Å². The van der Waals surface area contributed by atoms with Crippen molar-refractivity contribution in [3.63, 3.8) is 0 Å². The molecule has 0 aromatic heterocycles. The molecular formula is C17H29N5O2. The smallest absolute Gasteiger partial charge is 0.269 e. The van der Waals surface area contributed by atoms with Crippen molar-refractivity contribution in [3.05, 3.63) is 39.9 Å². The second-order valence-electron chi connectivity index (χ2n) is 6.16. The summed E-state index contributed by atoms with van der Waals surface area (Å²) in [5.74, 6) is 0. The summed E-state index contributed by atoms with van der Waals surface area (Å²) in [5, 5.41) is 21.1. The second-order valence-corrected chi connectivity index (χ2v) is 6.16. The number of non-ortho nitro benzene ring substituents is 1. The summed E-state index contributed by atoms with van der Waals surface area (Å²) in [6.07, 6.45) is 2.25. The first-order valence-corrected chi connectivity index (χ1v) is 8.83. The van der Waals surface area contributed by atoms with Crippen molar-refractivity contribution in [2.24, 2.45) is 0 Å². The molecule has 0 radical (unpaired) electrons. The molecule has 1 aliphatic heterocycles. The lowest BCUT2D eigenvalue weighted by atomic mass is 10.2. The molecule has 24 heavy (non-hydrogen) atoms. The van der Waals surface area contributed by atoms with E-state index in [0.717, 1.165) is 77.3 Å². The minimum Gasteiger partial charge on any atom is -0.315 e. The van der Waals surface area contributed by atoms with Crippen molar-refractivity contribution >= 4 is 5.69 Å². The van der Waals surface area contributed by atoms with Gasteiger partial charge in [-0.25, -0.2) is 0 Å². The van der Waals surface area contributed by atoms with Gasteiger partial charge in [0.1, 0.15) is 0 Å². The van der Waals surface area contributed by atoms with E-state index in [1.54, 1.807) is 12.1 Å². The normalized spacial score (nSPS) is 19.5. The summed E-state index contributed by atoms with van der Waals surface area (Å²) in [4.78, 5) is 12.8. The number of benzene rings is 1. The Labute approximate surface area is 144 Å². The lowest BCUT2D eigenvalue weighted by molar-refractivity contribution is -0.384. The van der Waals surface area contributed by atoms with Gasteiger partial charge in [0, 0.05) is 44.9 Å². The molecule has 0 saturated carbocycles. The highest BCUT2D eigenvalue weighted by Gasteiger charge is 2.09. The van der Waals surface area contributed by atoms with E-state index in [9.17, 15) is 10.1 Å². The van der Waals surface area contributed by atoms with Gasteiger partial charge < -0.3 is 16.0 Å². The van der Waals surface area contributed by atoms with Crippen molar-refractivity contribution < 1.29 is 4.92 Å². The van der Waals surface area contributed by atoms with E-state index in [1.165, 1.54) is 0 Å². The number of rotatable bonds is 3. The summed E-state index contributed by atoms with van der Waals surface area (Å²) in [6.45, 7) is 8.96. The fourth-order valence-corrected chi connectivity index (χ4v) is 2.81. The Morgan fingerprint density at radius 2 is 1.50 bits per heavy atom. The van der Waals surface area contributed by atoms with Gasteiger partial charge in [-0.3, -0.25) is 15.0 Å². The maximum Gasteiger partial charge on any atom is 0.269 e. The van der Waals surface area contributed by atoms with E-state index < -0.39 is 0 Å². The van der Waals surface area contributed by atoms with Gasteiger partial charge in [0.15, 0.2) is 0 Å². The molecule has 3 N–H and O–H groups in total. The average Bonchev–Trinajstić information content (AvgIpc) is 2.58. The van der Waals surface area contributed by atoms with E-state index in [1.807, 2.05) is 12.1 Å². The third-order valence-corrected chi connectivity index (χ3v) is 4.17. The van der Waals surface area contributed by atoms with Crippen LogP contribution in [0.2, 0.25) is 0 Å². The molecule has 1 aromatic rings. The van der Waals surface area contributed by atoms with E-state index >= 15 is 0 Å². The number of nitrogens with zero attached hydrogens (tertiary/aromatic N) is 2. The number of nitro groups is 1. The summed E-state index contributed by atoms with van der Waals surface area (Å²) in [5.41, 5.74) is 1.28. The van der Waals surface area contributed by atoms with Crippen LogP contribution in [0, 0.1) is 10.1 Å². The molecular weight excluding hydrogens is 306 g/mol. The SMILES string of the molecule is O=[N+]([O-])c1ccc(CN2CCCNCCNCCCNCC2)cc1. The molecule has 0 spiro atoms. The predicted molar refractivity (Wildman–Crippen MR) is 96.2 cm³/mol. The lowest BCUT2D eigenvalue weighted by Gasteiger charge is -2.23. The van der Waals surface area contributed by atoms with Gasteiger partial charge in [-0.05, 0) is 44.6 Å². The zero-order valence-corrected chi connectivity index (χ0v) is 14.3. The lowest BCUT2D eigenvalue weighted by Crippen LogP contribution is -2.36. The first-order valence-electron chi connectivity index (χ1n) is 8.83. The Bertz CT molecular complexity index is 466. The minimum absolute atomic E-state index is 0.152. The summed E-state index contributed by atoms with van der Waals surface area (Å²) in [6, 6.07) is 6.90. The third-order valence-electron chi connectivity index (χ3n) is 4.17. The predicted octanol–water partition coefficient (Wildman–Crippen LogP) is 0.959. The third kappa shape index (κ3) is 7.35. The fraction of sp³-hybridized carbons (Fsp3) is 0.647. The van der Waals surface area contributed by atoms with Crippen molar-refractivity contribution in [3.8, 4) is 0 Å². The largest absolute Gasteiger partial charge is 0.315 e. The number of nitrogens with one attached hydrogen (secondary N) is 3. The second kappa shape index (κ2) is 11.1. The maximum absolute atomic E-state index is 10.7. The van der Waals surface area contributed by atoms with Crippen LogP contribution in [0.4, 0.5) is 5.69 Å². The summed E-state index contributed by atoms with van der Waals surface area (Å²) in [7, 11) is 0. The Morgan fingerprint density at radius 3 is 2.17 bits per heavy atom. The molecule has 1 fully saturated rings. The van der Waals surface area contributed by atoms with Crippen LogP contribution in [0.1, 0.15) is 18.4 Å². The number of nitro benzene ring substituents is 1. The molecule has 0 atom stereocenters. The quantitative estimate of drug-likeness (QED) is 0.564. The average molecular weight is 335 g/mol. The molecule has 7 nitrogen and oxygen atoms in total. The van der Waals surface area contributed by atoms with Crippen LogP contribution in [0.3, 0.4) is 0 Å². The highest BCUT2D eigenvalue weighted by Crippen LogP contribution is 2.13. The highest BCUT2D eigenvalue weighted by atomic mass is 16.6. The minimum atomic E-state index is -0.351. The monoisotopic (exact) mass is 335 g/mol. The van der Waals surface area contributed by atoms with Crippen molar-refractivity contribution in [1.82, 2.24) is 20.9 Å². The van der Waals surface area contributed by atoms with Crippen molar-refractivity contribution in [2.75, 3.05) is 52.4 Å². The van der Waals surface area contributed by atoms with E-state index in [-0.39, 0.29) is 10.6 Å². The molecule has 0 amide bonds. The van der Waals surface area contributed by atoms with E-state index in [4.69, 9.17) is 0 Å². The molecule has 0 bridgehead atoms. The van der Waals surface area contributed by atoms with Crippen LogP contribution >= 0.6 is 0 Å². The molecule has 2 rings (SSSR count). The molecule has 1 saturated heterocycles. The molecule has 0 unspecified atom stereocenters. The van der Waals surface area contributed by atoms with E-state index in [2.05, 4.69) is 20.9 Å². The van der Waals surface area contributed by atoms with Crippen molar-refractivity contribution in [2.45, 2.75) is 19.4 Å². The Kier molecular flexibility index (Phi) is 8.69. The van der Waals surface area contributed by atoms with Gasteiger partial charge in [-0.2, -0.15) is 0 Å². The van der Waals surface area contributed by atoms with Crippen LogP contribution in [0.5, 0.6) is 0 Å². The molecule has 1 heterocycles. The zero-order valence-electron chi connectivity index (χ0n) is 14.3. The number of hydrogen-bond donors (Lipinski definition) is 3. The first-order chi connectivity index (χ1) is 11.8. The van der Waals surface area contributed by atoms with Crippen molar-refractivity contribution in [1.29, 1.82) is 0 Å². The molecule has 7 heteroatoms. The molecule has 0 aliphatic carbocycles. The Balaban J connectivity index is 1.85. The van der Waals surface area contributed by atoms with Gasteiger partial charge in [0.25, 0.3) is 5.69 Å². The number of hydrogen-bond acceptors (Lipinski definition) is 6. The van der Waals surface area contributed by atoms with Crippen LogP contribution in [0.15, 0.2) is 24.3 Å². The van der Waals surface area contributed by atoms with Gasteiger partial charge >= 0.3 is 0 Å². The standard InChI is InChI=1S/C17H29N5O2/c23-22(24)17-5-3-16(4-6-17)15-21-13-2-9-19-11-10-18-7-1-8-20-12-14-21/h3-6,18-20H,1-2,7-15H2. The highest BCUT2D eigenvalue weighted by molar-refractivity contribution is 5.32. The van der Waals surface area contributed by atoms with Crippen LogP contribution in [0.25, 0.3) is 0 Å². The van der Waals surface area contributed by atoms with Gasteiger partial charge in [0.05, 0.1) is 4.92 Å². The zero-order chi connectivity index (χ0) is 17.0.